The highest BCUT2D eigenvalue weighted by Crippen LogP contribution is 2.36. The van der Waals surface area contributed by atoms with Crippen LogP contribution in [0.15, 0.2) is 30.3 Å². The molecule has 58 valence electrons. The maximum atomic E-state index is 3.42. The maximum Gasteiger partial charge on any atom is 0.0561 e. The van der Waals surface area contributed by atoms with E-state index in [1.165, 1.54) is 5.56 Å². The highest BCUT2D eigenvalue weighted by molar-refractivity contribution is 5.32. The number of benzene rings is 1. The fourth-order valence-corrected chi connectivity index (χ4v) is 1.53. The average Bonchev–Trinajstić information content (AvgIpc) is 2.64. The smallest absolute Gasteiger partial charge is 0.0561 e. The first-order valence-electron chi connectivity index (χ1n) is 4.07. The molecule has 1 aromatic rings. The Hall–Kier alpha value is -0.820. The summed E-state index contributed by atoms with van der Waals surface area (Å²) < 4.78 is 0. The number of hydrogen-bond acceptors (Lipinski definition) is 1. The summed E-state index contributed by atoms with van der Waals surface area (Å²) in [6, 6.07) is 11.2. The summed E-state index contributed by atoms with van der Waals surface area (Å²) in [5.74, 6) is 0. The van der Waals surface area contributed by atoms with E-state index in [9.17, 15) is 0 Å². The van der Waals surface area contributed by atoms with Crippen molar-refractivity contribution < 1.29 is 0 Å². The Labute approximate surface area is 67.4 Å². The standard InChI is InChI=1S/C10H13N/c1-8-10(2,11-8)9-6-4-3-5-7-9/h3-8,11H,1-2H3. The van der Waals surface area contributed by atoms with Crippen LogP contribution in [-0.2, 0) is 5.54 Å². The lowest BCUT2D eigenvalue weighted by atomic mass is 9.98. The van der Waals surface area contributed by atoms with E-state index >= 15 is 0 Å². The van der Waals surface area contributed by atoms with Crippen LogP contribution in [0.5, 0.6) is 0 Å². The molecule has 1 aliphatic rings. The molecule has 2 rings (SSSR count). The fourth-order valence-electron chi connectivity index (χ4n) is 1.53. The quantitative estimate of drug-likeness (QED) is 0.602. The topological polar surface area (TPSA) is 21.9 Å². The Balaban J connectivity index is 2.32. The third-order valence-corrected chi connectivity index (χ3v) is 2.67. The maximum absolute atomic E-state index is 3.42. The third-order valence-electron chi connectivity index (χ3n) is 2.67. The van der Waals surface area contributed by atoms with Crippen molar-refractivity contribution in [2.24, 2.45) is 0 Å². The molecule has 1 heterocycles. The van der Waals surface area contributed by atoms with Gasteiger partial charge in [0.1, 0.15) is 0 Å². The zero-order valence-electron chi connectivity index (χ0n) is 6.96. The summed E-state index contributed by atoms with van der Waals surface area (Å²) >= 11 is 0. The van der Waals surface area contributed by atoms with Gasteiger partial charge in [-0.25, -0.2) is 0 Å². The third kappa shape index (κ3) is 0.962. The van der Waals surface area contributed by atoms with E-state index in [1.807, 2.05) is 0 Å². The van der Waals surface area contributed by atoms with Crippen molar-refractivity contribution in [3.63, 3.8) is 0 Å². The lowest BCUT2D eigenvalue weighted by Gasteiger charge is -2.06. The van der Waals surface area contributed by atoms with E-state index in [0.717, 1.165) is 0 Å². The van der Waals surface area contributed by atoms with Crippen LogP contribution in [0, 0.1) is 0 Å². The van der Waals surface area contributed by atoms with E-state index < -0.39 is 0 Å². The van der Waals surface area contributed by atoms with Gasteiger partial charge in [-0.3, -0.25) is 0 Å². The van der Waals surface area contributed by atoms with E-state index in [1.54, 1.807) is 0 Å². The van der Waals surface area contributed by atoms with Crippen LogP contribution in [0.1, 0.15) is 19.4 Å². The van der Waals surface area contributed by atoms with Gasteiger partial charge >= 0.3 is 0 Å². The summed E-state index contributed by atoms with van der Waals surface area (Å²) in [4.78, 5) is 0. The molecule has 11 heavy (non-hydrogen) atoms. The molecule has 0 amide bonds. The SMILES string of the molecule is CC1NC1(C)c1ccccc1. The van der Waals surface area contributed by atoms with Gasteiger partial charge in [0.2, 0.25) is 0 Å². The molecule has 1 heteroatoms. The molecule has 1 nitrogen and oxygen atoms in total. The van der Waals surface area contributed by atoms with Crippen molar-refractivity contribution in [2.75, 3.05) is 0 Å². The molecule has 0 aliphatic carbocycles. The Morgan fingerprint density at radius 2 is 1.82 bits per heavy atom. The minimum Gasteiger partial charge on any atom is -0.302 e. The van der Waals surface area contributed by atoms with Crippen LogP contribution in [0.2, 0.25) is 0 Å². The largest absolute Gasteiger partial charge is 0.302 e. The van der Waals surface area contributed by atoms with Crippen LogP contribution in [-0.4, -0.2) is 6.04 Å². The molecule has 2 atom stereocenters. The first kappa shape index (κ1) is 6.86. The molecular weight excluding hydrogens is 134 g/mol. The van der Waals surface area contributed by atoms with Crippen molar-refractivity contribution in [1.29, 1.82) is 0 Å². The highest BCUT2D eigenvalue weighted by Gasteiger charge is 2.46. The van der Waals surface area contributed by atoms with Gasteiger partial charge in [0.15, 0.2) is 0 Å². The van der Waals surface area contributed by atoms with Crippen molar-refractivity contribution in [3.8, 4) is 0 Å². The van der Waals surface area contributed by atoms with Gasteiger partial charge in [-0.15, -0.1) is 0 Å². The molecule has 1 aliphatic heterocycles. The van der Waals surface area contributed by atoms with E-state index in [0.29, 0.717) is 6.04 Å². The van der Waals surface area contributed by atoms with Crippen LogP contribution in [0.3, 0.4) is 0 Å². The van der Waals surface area contributed by atoms with Gasteiger partial charge in [0.25, 0.3) is 0 Å². The molecule has 1 saturated heterocycles. The predicted octanol–water partition coefficient (Wildman–Crippen LogP) is 1.89. The highest BCUT2D eigenvalue weighted by atomic mass is 15.2. The van der Waals surface area contributed by atoms with Gasteiger partial charge in [0, 0.05) is 6.04 Å². The molecule has 0 aromatic heterocycles. The van der Waals surface area contributed by atoms with Crippen molar-refractivity contribution in [2.45, 2.75) is 25.4 Å². The van der Waals surface area contributed by atoms with Gasteiger partial charge in [-0.1, -0.05) is 30.3 Å². The van der Waals surface area contributed by atoms with Crippen LogP contribution in [0.25, 0.3) is 0 Å². The molecular formula is C10H13N. The van der Waals surface area contributed by atoms with Crippen LogP contribution >= 0.6 is 0 Å². The second-order valence-corrected chi connectivity index (χ2v) is 3.43. The zero-order valence-corrected chi connectivity index (χ0v) is 6.96. The second-order valence-electron chi connectivity index (χ2n) is 3.43. The lowest BCUT2D eigenvalue weighted by Crippen LogP contribution is -2.07. The summed E-state index contributed by atoms with van der Waals surface area (Å²) in [5.41, 5.74) is 1.65. The van der Waals surface area contributed by atoms with Crippen molar-refractivity contribution in [1.82, 2.24) is 5.32 Å². The number of nitrogens with one attached hydrogen (secondary N) is 1. The van der Waals surface area contributed by atoms with Gasteiger partial charge < -0.3 is 5.32 Å². The Morgan fingerprint density at radius 1 is 1.27 bits per heavy atom. The van der Waals surface area contributed by atoms with E-state index in [4.69, 9.17) is 0 Å². The molecule has 0 bridgehead atoms. The molecule has 1 N–H and O–H groups in total. The molecule has 2 unspecified atom stereocenters. The van der Waals surface area contributed by atoms with Crippen molar-refractivity contribution >= 4 is 0 Å². The fraction of sp³-hybridized carbons (Fsp3) is 0.400. The Kier molecular flexibility index (Phi) is 1.30. The van der Waals surface area contributed by atoms with Crippen molar-refractivity contribution in [3.05, 3.63) is 35.9 Å². The van der Waals surface area contributed by atoms with Gasteiger partial charge in [0.05, 0.1) is 5.54 Å². The molecule has 0 radical (unpaired) electrons. The van der Waals surface area contributed by atoms with Gasteiger partial charge in [-0.05, 0) is 19.4 Å². The van der Waals surface area contributed by atoms with E-state index in [2.05, 4.69) is 49.5 Å². The first-order valence-corrected chi connectivity index (χ1v) is 4.07. The molecule has 0 saturated carbocycles. The summed E-state index contributed by atoms with van der Waals surface area (Å²) in [5, 5.41) is 3.42. The van der Waals surface area contributed by atoms with Gasteiger partial charge in [-0.2, -0.15) is 0 Å². The van der Waals surface area contributed by atoms with E-state index in [-0.39, 0.29) is 5.54 Å². The summed E-state index contributed by atoms with van der Waals surface area (Å²) in [6.07, 6.45) is 0. The Bertz CT molecular complexity index is 255. The minimum absolute atomic E-state index is 0.251. The summed E-state index contributed by atoms with van der Waals surface area (Å²) in [7, 11) is 0. The molecule has 1 aromatic carbocycles. The normalized spacial score (nSPS) is 35.3. The monoisotopic (exact) mass is 147 g/mol. The lowest BCUT2D eigenvalue weighted by molar-refractivity contribution is 0.735. The summed E-state index contributed by atoms with van der Waals surface area (Å²) in [6.45, 7) is 4.46. The average molecular weight is 147 g/mol. The number of hydrogen-bond donors (Lipinski definition) is 1. The Morgan fingerprint density at radius 3 is 2.27 bits per heavy atom. The molecule has 0 spiro atoms. The number of rotatable bonds is 1. The van der Waals surface area contributed by atoms with Crippen LogP contribution in [0.4, 0.5) is 0 Å². The first-order chi connectivity index (χ1) is 5.23. The minimum atomic E-state index is 0.251. The van der Waals surface area contributed by atoms with Crippen LogP contribution < -0.4 is 5.32 Å². The zero-order chi connectivity index (χ0) is 7.90. The molecule has 1 fully saturated rings. The predicted molar refractivity (Wildman–Crippen MR) is 46.4 cm³/mol. The second kappa shape index (κ2) is 2.08.